The molecule has 1 rings (SSSR count). The number of thiol groups is 1. The third-order valence-corrected chi connectivity index (χ3v) is 7.27. The standard InChI is InChI=1S/C24H41N3O6S2/c1-5-17(2)21(26-14-19(25)16-34)15-33-22(13-18-9-7-6-8-10-18)23(28)27-20(24(29)32-3)11-12-35(4,30)31/h6-10,17,19-22,26,34H,5,11-16,25H2,1-4H3,(H,27,28)/t17-,19+,20-,21+,22-/m0/s1. The molecule has 0 saturated heterocycles. The van der Waals surface area contributed by atoms with Gasteiger partial charge in [-0.1, -0.05) is 50.6 Å². The maximum atomic E-state index is 13.2. The Morgan fingerprint density at radius 2 is 1.86 bits per heavy atom. The molecule has 11 heteroatoms. The lowest BCUT2D eigenvalue weighted by Gasteiger charge is -2.28. The Kier molecular flexibility index (Phi) is 14.5. The maximum Gasteiger partial charge on any atom is 0.328 e. The van der Waals surface area contributed by atoms with Crippen LogP contribution in [-0.2, 0) is 35.3 Å². The summed E-state index contributed by atoms with van der Waals surface area (Å²) in [6, 6.07) is 8.16. The minimum atomic E-state index is -3.33. The van der Waals surface area contributed by atoms with Crippen molar-refractivity contribution in [2.75, 3.05) is 38.0 Å². The van der Waals surface area contributed by atoms with Gasteiger partial charge >= 0.3 is 5.97 Å². The summed E-state index contributed by atoms with van der Waals surface area (Å²) in [6.07, 6.45) is 1.29. The molecule has 9 nitrogen and oxygen atoms in total. The topological polar surface area (TPSA) is 137 Å². The van der Waals surface area contributed by atoms with Crippen LogP contribution < -0.4 is 16.4 Å². The molecular formula is C24H41N3O6S2. The summed E-state index contributed by atoms with van der Waals surface area (Å²) in [4.78, 5) is 25.4. The Labute approximate surface area is 215 Å². The molecule has 1 aromatic carbocycles. The van der Waals surface area contributed by atoms with Crippen LogP contribution in [0, 0.1) is 5.92 Å². The van der Waals surface area contributed by atoms with Gasteiger partial charge in [0.2, 0.25) is 5.91 Å². The molecule has 0 aromatic heterocycles. The molecule has 0 bridgehead atoms. The number of ether oxygens (including phenoxy) is 2. The summed E-state index contributed by atoms with van der Waals surface area (Å²) >= 11 is 4.23. The monoisotopic (exact) mass is 531 g/mol. The molecular weight excluding hydrogens is 490 g/mol. The average Bonchev–Trinajstić information content (AvgIpc) is 2.84. The van der Waals surface area contributed by atoms with Gasteiger partial charge in [-0.15, -0.1) is 0 Å². The Bertz CT molecular complexity index is 869. The molecule has 1 aromatic rings. The zero-order chi connectivity index (χ0) is 26.4. The van der Waals surface area contributed by atoms with Gasteiger partial charge in [0.25, 0.3) is 0 Å². The Hall–Kier alpha value is -1.66. The molecule has 0 aliphatic carbocycles. The van der Waals surface area contributed by atoms with Crippen LogP contribution in [0.5, 0.6) is 0 Å². The summed E-state index contributed by atoms with van der Waals surface area (Å²) in [5.41, 5.74) is 6.89. The maximum absolute atomic E-state index is 13.2. The van der Waals surface area contributed by atoms with Gasteiger partial charge in [-0.05, 0) is 17.9 Å². The number of methoxy groups -OCH3 is 1. The summed E-state index contributed by atoms with van der Waals surface area (Å²) in [6.45, 7) is 4.99. The number of nitrogens with one attached hydrogen (secondary N) is 2. The van der Waals surface area contributed by atoms with E-state index in [-0.39, 0.29) is 43.2 Å². The first-order valence-corrected chi connectivity index (χ1v) is 14.5. The first-order chi connectivity index (χ1) is 16.5. The highest BCUT2D eigenvalue weighted by Gasteiger charge is 2.29. The number of sulfone groups is 1. The number of esters is 1. The van der Waals surface area contributed by atoms with Gasteiger partial charge in [-0.3, -0.25) is 4.79 Å². The highest BCUT2D eigenvalue weighted by atomic mass is 32.2. The lowest BCUT2D eigenvalue weighted by molar-refractivity contribution is -0.147. The van der Waals surface area contributed by atoms with Crippen molar-refractivity contribution in [1.29, 1.82) is 0 Å². The smallest absolute Gasteiger partial charge is 0.328 e. The third-order valence-electron chi connectivity index (χ3n) is 5.82. The number of carbonyl (C=O) groups is 2. The van der Waals surface area contributed by atoms with Crippen LogP contribution in [0.25, 0.3) is 0 Å². The van der Waals surface area contributed by atoms with E-state index >= 15 is 0 Å². The molecule has 200 valence electrons. The lowest BCUT2D eigenvalue weighted by Crippen LogP contribution is -2.50. The van der Waals surface area contributed by atoms with Crippen molar-refractivity contribution in [1.82, 2.24) is 10.6 Å². The molecule has 0 fully saturated rings. The van der Waals surface area contributed by atoms with Crippen molar-refractivity contribution >= 4 is 34.3 Å². The minimum absolute atomic E-state index is 0.0429. The van der Waals surface area contributed by atoms with Gasteiger partial charge in [0.05, 0.1) is 19.5 Å². The third kappa shape index (κ3) is 12.7. The number of nitrogens with two attached hydrogens (primary N) is 1. The van der Waals surface area contributed by atoms with Crippen molar-refractivity contribution in [3.63, 3.8) is 0 Å². The molecule has 0 spiro atoms. The van der Waals surface area contributed by atoms with Gasteiger partial charge in [0.15, 0.2) is 0 Å². The number of hydrogen-bond acceptors (Lipinski definition) is 9. The molecule has 0 saturated carbocycles. The van der Waals surface area contributed by atoms with Crippen LogP contribution in [0.2, 0.25) is 0 Å². The number of carbonyl (C=O) groups excluding carboxylic acids is 2. The summed E-state index contributed by atoms with van der Waals surface area (Å²) < 4.78 is 34.1. The zero-order valence-electron chi connectivity index (χ0n) is 21.1. The Morgan fingerprint density at radius 3 is 2.40 bits per heavy atom. The van der Waals surface area contributed by atoms with Crippen LogP contribution in [-0.4, -0.2) is 82.5 Å². The van der Waals surface area contributed by atoms with Crippen molar-refractivity contribution in [2.24, 2.45) is 11.7 Å². The molecule has 0 aliphatic rings. The van der Waals surface area contributed by atoms with Crippen molar-refractivity contribution < 1.29 is 27.5 Å². The normalized spacial score (nSPS) is 16.1. The second kappa shape index (κ2) is 16.2. The van der Waals surface area contributed by atoms with Gasteiger partial charge in [-0.2, -0.15) is 12.6 Å². The van der Waals surface area contributed by atoms with Gasteiger partial charge < -0.3 is 25.8 Å². The number of benzene rings is 1. The highest BCUT2D eigenvalue weighted by Crippen LogP contribution is 2.13. The molecule has 0 unspecified atom stereocenters. The SMILES string of the molecule is CC[C@H](C)[C@@H](CO[C@@H](Cc1ccccc1)C(=O)N[C@@H](CCS(C)(=O)=O)C(=O)OC)NC[C@@H](N)CS. The van der Waals surface area contributed by atoms with Crippen molar-refractivity contribution in [3.8, 4) is 0 Å². The predicted molar refractivity (Wildman–Crippen MR) is 141 cm³/mol. The molecule has 0 aliphatic heterocycles. The molecule has 35 heavy (non-hydrogen) atoms. The quantitative estimate of drug-likeness (QED) is 0.172. The van der Waals surface area contributed by atoms with E-state index in [1.807, 2.05) is 30.3 Å². The lowest BCUT2D eigenvalue weighted by atomic mass is 9.99. The van der Waals surface area contributed by atoms with Crippen LogP contribution in [0.1, 0.15) is 32.3 Å². The van der Waals surface area contributed by atoms with Crippen LogP contribution in [0.4, 0.5) is 0 Å². The number of amides is 1. The molecule has 1 amide bonds. The minimum Gasteiger partial charge on any atom is -0.467 e. The molecule has 0 heterocycles. The van der Waals surface area contributed by atoms with Gasteiger partial charge in [0.1, 0.15) is 22.0 Å². The first-order valence-electron chi connectivity index (χ1n) is 11.8. The Balaban J connectivity index is 3.02. The van der Waals surface area contributed by atoms with E-state index in [9.17, 15) is 18.0 Å². The van der Waals surface area contributed by atoms with E-state index in [1.54, 1.807) is 0 Å². The number of hydrogen-bond donors (Lipinski definition) is 4. The van der Waals surface area contributed by atoms with E-state index < -0.39 is 33.9 Å². The van der Waals surface area contributed by atoms with E-state index in [4.69, 9.17) is 15.2 Å². The summed E-state index contributed by atoms with van der Waals surface area (Å²) in [7, 11) is -2.14. The van der Waals surface area contributed by atoms with Crippen LogP contribution >= 0.6 is 12.6 Å². The fourth-order valence-corrected chi connectivity index (χ4v) is 4.13. The van der Waals surface area contributed by atoms with E-state index in [0.29, 0.717) is 12.3 Å². The predicted octanol–water partition coefficient (Wildman–Crippen LogP) is 0.968. The van der Waals surface area contributed by atoms with E-state index in [1.165, 1.54) is 7.11 Å². The molecule has 0 radical (unpaired) electrons. The number of rotatable bonds is 17. The highest BCUT2D eigenvalue weighted by molar-refractivity contribution is 7.90. The second-order valence-corrected chi connectivity index (χ2v) is 11.5. The average molecular weight is 532 g/mol. The fourth-order valence-electron chi connectivity index (χ4n) is 3.34. The Morgan fingerprint density at radius 1 is 1.20 bits per heavy atom. The first kappa shape index (κ1) is 31.4. The van der Waals surface area contributed by atoms with Crippen molar-refractivity contribution in [2.45, 2.75) is 57.3 Å². The summed E-state index contributed by atoms with van der Waals surface area (Å²) in [5, 5.41) is 6.05. The zero-order valence-corrected chi connectivity index (χ0v) is 22.8. The van der Waals surface area contributed by atoms with E-state index in [2.05, 4.69) is 37.1 Å². The van der Waals surface area contributed by atoms with Crippen LogP contribution in [0.3, 0.4) is 0 Å². The second-order valence-electron chi connectivity index (χ2n) is 8.86. The fraction of sp³-hybridized carbons (Fsp3) is 0.667. The molecule has 5 atom stereocenters. The van der Waals surface area contributed by atoms with E-state index in [0.717, 1.165) is 18.2 Å². The van der Waals surface area contributed by atoms with Gasteiger partial charge in [-0.25, -0.2) is 13.2 Å². The van der Waals surface area contributed by atoms with Gasteiger partial charge in [0, 0.05) is 37.1 Å². The van der Waals surface area contributed by atoms with Crippen molar-refractivity contribution in [3.05, 3.63) is 35.9 Å². The largest absolute Gasteiger partial charge is 0.467 e. The van der Waals surface area contributed by atoms with Crippen LogP contribution in [0.15, 0.2) is 30.3 Å². The molecule has 4 N–H and O–H groups in total. The summed E-state index contributed by atoms with van der Waals surface area (Å²) in [5.74, 6) is -0.668.